The van der Waals surface area contributed by atoms with Crippen molar-refractivity contribution in [1.82, 2.24) is 10.6 Å². The highest BCUT2D eigenvalue weighted by Crippen LogP contribution is 2.16. The van der Waals surface area contributed by atoms with Crippen LogP contribution in [0.4, 0.5) is 0 Å². The first kappa shape index (κ1) is 23.6. The van der Waals surface area contributed by atoms with Gasteiger partial charge in [0.05, 0.1) is 12.5 Å². The molecule has 2 amide bonds. The van der Waals surface area contributed by atoms with Crippen molar-refractivity contribution in [3.8, 4) is 0 Å². The number of halogens is 1. The molecule has 0 heterocycles. The van der Waals surface area contributed by atoms with Gasteiger partial charge in [-0.3, -0.25) is 9.59 Å². The topological polar surface area (TPSA) is 84.5 Å². The lowest BCUT2D eigenvalue weighted by molar-refractivity contribution is -0.152. The van der Waals surface area contributed by atoms with Crippen LogP contribution in [0.15, 0.2) is 59.1 Å². The van der Waals surface area contributed by atoms with Gasteiger partial charge in [-0.05, 0) is 36.1 Å². The van der Waals surface area contributed by atoms with Crippen LogP contribution in [0.1, 0.15) is 37.9 Å². The van der Waals surface area contributed by atoms with Crippen molar-refractivity contribution in [2.24, 2.45) is 5.92 Å². The highest BCUT2D eigenvalue weighted by molar-refractivity contribution is 9.10. The van der Waals surface area contributed by atoms with E-state index in [0.29, 0.717) is 0 Å². The van der Waals surface area contributed by atoms with Crippen molar-refractivity contribution >= 4 is 33.7 Å². The number of hydrogen-bond acceptors (Lipinski definition) is 4. The van der Waals surface area contributed by atoms with Crippen molar-refractivity contribution in [3.05, 3.63) is 70.2 Å². The standard InChI is InChI=1S/C23H27BrN2O4/c1-15(2)22(26-20(27)13-17-7-5-4-6-8-17)23(29)30-14-21(28)25-16(3)18-9-11-19(24)12-10-18/h4-12,15-16,22H,13-14H2,1-3H3,(H,25,28)(H,26,27)/t16?,22-/m0/s1. The van der Waals surface area contributed by atoms with Crippen LogP contribution < -0.4 is 10.6 Å². The quantitative estimate of drug-likeness (QED) is 0.544. The van der Waals surface area contributed by atoms with Crippen molar-refractivity contribution in [2.45, 2.75) is 39.3 Å². The third-order valence-corrected chi connectivity index (χ3v) is 5.07. The molecule has 0 aliphatic heterocycles. The summed E-state index contributed by atoms with van der Waals surface area (Å²) in [6.07, 6.45) is 0.169. The molecule has 7 heteroatoms. The Hall–Kier alpha value is -2.67. The lowest BCUT2D eigenvalue weighted by Crippen LogP contribution is -2.46. The SMILES string of the molecule is CC(NC(=O)COC(=O)[C@@H](NC(=O)Cc1ccccc1)C(C)C)c1ccc(Br)cc1. The minimum absolute atomic E-state index is 0.169. The molecule has 30 heavy (non-hydrogen) atoms. The Morgan fingerprint density at radius 2 is 1.53 bits per heavy atom. The van der Waals surface area contributed by atoms with E-state index in [1.807, 2.05) is 75.4 Å². The Morgan fingerprint density at radius 3 is 2.13 bits per heavy atom. The Balaban J connectivity index is 1.84. The molecule has 2 N–H and O–H groups in total. The molecule has 0 radical (unpaired) electrons. The summed E-state index contributed by atoms with van der Waals surface area (Å²) < 4.78 is 6.11. The summed E-state index contributed by atoms with van der Waals surface area (Å²) in [6, 6.07) is 15.8. The highest BCUT2D eigenvalue weighted by atomic mass is 79.9. The van der Waals surface area contributed by atoms with Gasteiger partial charge >= 0.3 is 5.97 Å². The van der Waals surface area contributed by atoms with E-state index in [1.54, 1.807) is 0 Å². The maximum absolute atomic E-state index is 12.4. The number of carbonyl (C=O) groups is 3. The third-order valence-electron chi connectivity index (χ3n) is 4.54. The summed E-state index contributed by atoms with van der Waals surface area (Å²) in [5.41, 5.74) is 1.79. The van der Waals surface area contributed by atoms with Crippen molar-refractivity contribution in [1.29, 1.82) is 0 Å². The van der Waals surface area contributed by atoms with Crippen LogP contribution in [-0.4, -0.2) is 30.4 Å². The van der Waals surface area contributed by atoms with Gasteiger partial charge in [0.25, 0.3) is 5.91 Å². The molecule has 0 spiro atoms. The number of rotatable bonds is 9. The normalized spacial score (nSPS) is 12.7. The monoisotopic (exact) mass is 474 g/mol. The van der Waals surface area contributed by atoms with Gasteiger partial charge in [0, 0.05) is 4.47 Å². The highest BCUT2D eigenvalue weighted by Gasteiger charge is 2.26. The molecular weight excluding hydrogens is 448 g/mol. The molecular formula is C23H27BrN2O4. The second kappa shape index (κ2) is 11.5. The first-order chi connectivity index (χ1) is 14.3. The minimum Gasteiger partial charge on any atom is -0.454 e. The van der Waals surface area contributed by atoms with Gasteiger partial charge in [-0.1, -0.05) is 72.2 Å². The zero-order valence-corrected chi connectivity index (χ0v) is 18.9. The maximum Gasteiger partial charge on any atom is 0.329 e. The van der Waals surface area contributed by atoms with Gasteiger partial charge in [0.2, 0.25) is 5.91 Å². The van der Waals surface area contributed by atoms with Crippen LogP contribution in [0.5, 0.6) is 0 Å². The molecule has 0 aliphatic rings. The molecule has 1 unspecified atom stereocenters. The van der Waals surface area contributed by atoms with Crippen molar-refractivity contribution in [2.75, 3.05) is 6.61 Å². The molecule has 0 aliphatic carbocycles. The van der Waals surface area contributed by atoms with Gasteiger partial charge in [-0.15, -0.1) is 0 Å². The molecule has 0 fully saturated rings. The number of carbonyl (C=O) groups excluding carboxylic acids is 3. The fourth-order valence-electron chi connectivity index (χ4n) is 2.85. The predicted octanol–water partition coefficient (Wildman–Crippen LogP) is 3.55. The molecule has 2 rings (SSSR count). The molecule has 0 saturated carbocycles. The summed E-state index contributed by atoms with van der Waals surface area (Å²) in [5, 5.41) is 5.50. The van der Waals surface area contributed by atoms with Gasteiger partial charge < -0.3 is 15.4 Å². The third kappa shape index (κ3) is 7.63. The van der Waals surface area contributed by atoms with Crippen LogP contribution in [0, 0.1) is 5.92 Å². The predicted molar refractivity (Wildman–Crippen MR) is 119 cm³/mol. The molecule has 160 valence electrons. The molecule has 2 aromatic rings. The number of ether oxygens (including phenoxy) is 1. The molecule has 2 atom stereocenters. The first-order valence-corrected chi connectivity index (χ1v) is 10.6. The van der Waals surface area contributed by atoms with Gasteiger partial charge in [-0.2, -0.15) is 0 Å². The van der Waals surface area contributed by atoms with Crippen molar-refractivity contribution < 1.29 is 19.1 Å². The molecule has 2 aromatic carbocycles. The Morgan fingerprint density at radius 1 is 0.900 bits per heavy atom. The number of nitrogens with one attached hydrogen (secondary N) is 2. The fourth-order valence-corrected chi connectivity index (χ4v) is 3.11. The van der Waals surface area contributed by atoms with E-state index in [-0.39, 0.29) is 24.3 Å². The average Bonchev–Trinajstić information content (AvgIpc) is 2.71. The van der Waals surface area contributed by atoms with E-state index in [9.17, 15) is 14.4 Å². The number of esters is 1. The lowest BCUT2D eigenvalue weighted by atomic mass is 10.0. The average molecular weight is 475 g/mol. The van der Waals surface area contributed by atoms with Crippen LogP contribution in [0.2, 0.25) is 0 Å². The Labute approximate surface area is 185 Å². The van der Waals surface area contributed by atoms with Crippen LogP contribution in [-0.2, 0) is 25.5 Å². The summed E-state index contributed by atoms with van der Waals surface area (Å²) in [4.78, 5) is 36.9. The fraction of sp³-hybridized carbons (Fsp3) is 0.348. The largest absolute Gasteiger partial charge is 0.454 e. The maximum atomic E-state index is 12.4. The van der Waals surface area contributed by atoms with E-state index in [4.69, 9.17) is 4.74 Å². The van der Waals surface area contributed by atoms with E-state index < -0.39 is 24.5 Å². The second-order valence-corrected chi connectivity index (χ2v) is 8.32. The van der Waals surface area contributed by atoms with Crippen LogP contribution in [0.3, 0.4) is 0 Å². The number of benzene rings is 2. The Kier molecular flexibility index (Phi) is 9.05. The first-order valence-electron chi connectivity index (χ1n) is 9.81. The van der Waals surface area contributed by atoms with Gasteiger partial charge in [-0.25, -0.2) is 4.79 Å². The zero-order chi connectivity index (χ0) is 22.1. The number of amides is 2. The summed E-state index contributed by atoms with van der Waals surface area (Å²) in [6.45, 7) is 5.07. The van der Waals surface area contributed by atoms with Crippen molar-refractivity contribution in [3.63, 3.8) is 0 Å². The van der Waals surface area contributed by atoms with Gasteiger partial charge in [0.15, 0.2) is 6.61 Å². The molecule has 0 saturated heterocycles. The van der Waals surface area contributed by atoms with E-state index >= 15 is 0 Å². The minimum atomic E-state index is -0.821. The summed E-state index contributed by atoms with van der Waals surface area (Å²) >= 11 is 3.37. The van der Waals surface area contributed by atoms with Crippen LogP contribution in [0.25, 0.3) is 0 Å². The molecule has 0 aromatic heterocycles. The lowest BCUT2D eigenvalue weighted by Gasteiger charge is -2.21. The Bertz CT molecular complexity index is 853. The molecule has 6 nitrogen and oxygen atoms in total. The summed E-state index contributed by atoms with van der Waals surface area (Å²) in [5.74, 6) is -1.48. The second-order valence-electron chi connectivity index (χ2n) is 7.40. The van der Waals surface area contributed by atoms with Crippen LogP contribution >= 0.6 is 15.9 Å². The van der Waals surface area contributed by atoms with E-state index in [0.717, 1.165) is 15.6 Å². The van der Waals surface area contributed by atoms with E-state index in [2.05, 4.69) is 26.6 Å². The summed E-state index contributed by atoms with van der Waals surface area (Å²) in [7, 11) is 0. The van der Waals surface area contributed by atoms with Gasteiger partial charge in [0.1, 0.15) is 6.04 Å². The smallest absolute Gasteiger partial charge is 0.329 e. The van der Waals surface area contributed by atoms with E-state index in [1.165, 1.54) is 0 Å². The molecule has 0 bridgehead atoms. The number of hydrogen-bond donors (Lipinski definition) is 2. The zero-order valence-electron chi connectivity index (χ0n) is 17.4.